The highest BCUT2D eigenvalue weighted by Gasteiger charge is 2.13. The Balaban J connectivity index is 2.11. The number of hydrogen-bond donors (Lipinski definition) is 3. The third-order valence-corrected chi connectivity index (χ3v) is 4.75. The lowest BCUT2D eigenvalue weighted by molar-refractivity contribution is -0.139. The third kappa shape index (κ3) is 6.83. The van der Waals surface area contributed by atoms with E-state index < -0.39 is 18.3 Å². The summed E-state index contributed by atoms with van der Waals surface area (Å²) in [5.74, 6) is -1.18. The van der Waals surface area contributed by atoms with E-state index in [0.29, 0.717) is 33.0 Å². The molecule has 0 fully saturated rings. The van der Waals surface area contributed by atoms with Crippen LogP contribution in [0.15, 0.2) is 39.3 Å². The van der Waals surface area contributed by atoms with Crippen LogP contribution in [-0.2, 0) is 16.2 Å². The molecular formula is C20H22Br2N2O4. The first-order valence-corrected chi connectivity index (χ1v) is 10.2. The molecule has 0 bridgehead atoms. The van der Waals surface area contributed by atoms with Crippen LogP contribution in [0.3, 0.4) is 0 Å². The van der Waals surface area contributed by atoms with Crippen molar-refractivity contribution in [1.82, 2.24) is 0 Å². The van der Waals surface area contributed by atoms with Gasteiger partial charge in [-0.15, -0.1) is 0 Å². The minimum absolute atomic E-state index is 0.336. The second-order valence-corrected chi connectivity index (χ2v) is 8.39. The van der Waals surface area contributed by atoms with E-state index in [1.807, 2.05) is 6.92 Å². The Hall–Kier alpha value is -2.06. The van der Waals surface area contributed by atoms with Crippen LogP contribution in [-0.4, -0.2) is 23.0 Å². The summed E-state index contributed by atoms with van der Waals surface area (Å²) in [6.45, 7) is 6.58. The van der Waals surface area contributed by atoms with E-state index in [4.69, 9.17) is 9.84 Å². The number of anilines is 2. The van der Waals surface area contributed by atoms with Gasteiger partial charge in [-0.2, -0.15) is 0 Å². The third-order valence-electron chi connectivity index (χ3n) is 3.57. The molecule has 2 rings (SSSR count). The zero-order valence-electron chi connectivity index (χ0n) is 15.8. The highest BCUT2D eigenvalue weighted by Crippen LogP contribution is 2.37. The van der Waals surface area contributed by atoms with Crippen molar-refractivity contribution in [2.75, 3.05) is 10.6 Å². The summed E-state index contributed by atoms with van der Waals surface area (Å²) in [6, 6.07) is 9.87. The molecule has 0 unspecified atom stereocenters. The molecule has 2 aromatic carbocycles. The molecule has 0 aliphatic carbocycles. The smallest absolute Gasteiger partial charge is 0.312 e. The van der Waals surface area contributed by atoms with E-state index in [-0.39, 0.29) is 0 Å². The number of hydrogen-bond acceptors (Lipinski definition) is 4. The van der Waals surface area contributed by atoms with Gasteiger partial charge in [-0.3, -0.25) is 9.59 Å². The number of carboxylic acid groups (broad SMARTS) is 1. The van der Waals surface area contributed by atoms with E-state index >= 15 is 0 Å². The number of aryl methyl sites for hydroxylation is 1. The van der Waals surface area contributed by atoms with Crippen molar-refractivity contribution in [3.63, 3.8) is 0 Å². The van der Waals surface area contributed by atoms with Crippen molar-refractivity contribution >= 4 is 55.1 Å². The minimum atomic E-state index is -1.18. The highest BCUT2D eigenvalue weighted by atomic mass is 79.9. The van der Waals surface area contributed by atoms with Gasteiger partial charge in [0.25, 0.3) is 0 Å². The summed E-state index contributed by atoms with van der Waals surface area (Å²) in [6.07, 6.45) is -0.590. The van der Waals surface area contributed by atoms with Gasteiger partial charge in [0.05, 0.1) is 8.95 Å². The Morgan fingerprint density at radius 2 is 1.71 bits per heavy atom. The average molecular weight is 514 g/mol. The van der Waals surface area contributed by atoms with E-state index in [1.165, 1.54) is 0 Å². The minimum Gasteiger partial charge on any atom is -0.487 e. The monoisotopic (exact) mass is 512 g/mol. The van der Waals surface area contributed by atoms with Gasteiger partial charge in [0.1, 0.15) is 18.8 Å². The Bertz CT molecular complexity index is 861. The molecule has 3 N–H and O–H groups in total. The first-order valence-electron chi connectivity index (χ1n) is 8.64. The molecule has 0 atom stereocenters. The number of carbonyl (C=O) groups excluding carboxylic acids is 1. The predicted octanol–water partition coefficient (Wildman–Crippen LogP) is 5.33. The lowest BCUT2D eigenvalue weighted by Crippen LogP contribution is -2.16. The van der Waals surface area contributed by atoms with Crippen molar-refractivity contribution in [2.24, 2.45) is 0 Å². The molecule has 0 heterocycles. The number of rotatable bonds is 8. The molecule has 0 aliphatic rings. The van der Waals surface area contributed by atoms with Gasteiger partial charge < -0.3 is 20.5 Å². The first kappa shape index (κ1) is 22.2. The van der Waals surface area contributed by atoms with E-state index in [0.717, 1.165) is 16.8 Å². The van der Waals surface area contributed by atoms with Crippen LogP contribution in [0.4, 0.5) is 11.4 Å². The summed E-state index contributed by atoms with van der Waals surface area (Å²) in [4.78, 5) is 22.2. The Morgan fingerprint density at radius 1 is 1.07 bits per heavy atom. The number of nitrogens with one attached hydrogen (secondary N) is 2. The van der Waals surface area contributed by atoms with Gasteiger partial charge in [-0.25, -0.2) is 0 Å². The first-order chi connectivity index (χ1) is 13.1. The molecular weight excluding hydrogens is 492 g/mol. The fourth-order valence-corrected chi connectivity index (χ4v) is 4.05. The number of aliphatic carboxylic acids is 1. The largest absolute Gasteiger partial charge is 0.487 e. The Labute approximate surface area is 180 Å². The van der Waals surface area contributed by atoms with Crippen LogP contribution in [0.5, 0.6) is 5.75 Å². The molecule has 8 heteroatoms. The second kappa shape index (κ2) is 9.93. The molecule has 28 heavy (non-hydrogen) atoms. The predicted molar refractivity (Wildman–Crippen MR) is 117 cm³/mol. The van der Waals surface area contributed by atoms with Crippen molar-refractivity contribution < 1.29 is 19.4 Å². The highest BCUT2D eigenvalue weighted by molar-refractivity contribution is 9.11. The van der Waals surface area contributed by atoms with Gasteiger partial charge in [0.15, 0.2) is 0 Å². The number of benzene rings is 2. The number of carboxylic acids is 1. The number of carbonyl (C=O) groups is 2. The zero-order chi connectivity index (χ0) is 20.8. The van der Waals surface area contributed by atoms with Gasteiger partial charge in [-0.1, -0.05) is 6.07 Å². The van der Waals surface area contributed by atoms with Crippen LogP contribution >= 0.6 is 31.9 Å². The van der Waals surface area contributed by atoms with Crippen LogP contribution in [0.25, 0.3) is 0 Å². The van der Waals surface area contributed by atoms with Crippen molar-refractivity contribution in [2.45, 2.75) is 39.8 Å². The molecule has 0 saturated carbocycles. The van der Waals surface area contributed by atoms with Crippen LogP contribution in [0.2, 0.25) is 0 Å². The van der Waals surface area contributed by atoms with Crippen molar-refractivity contribution in [1.29, 1.82) is 0 Å². The molecule has 0 spiro atoms. The number of amides is 1. The van der Waals surface area contributed by atoms with E-state index in [9.17, 15) is 9.59 Å². The van der Waals surface area contributed by atoms with Crippen molar-refractivity contribution in [3.05, 3.63) is 50.4 Å². The summed E-state index contributed by atoms with van der Waals surface area (Å²) in [5, 5.41) is 14.6. The standard InChI is InChI=1S/C20H22Br2N2O4/c1-11(2)23-14-5-12(3)4-13(6-14)10-28-20-16(21)7-15(8-17(20)22)24-18(25)9-19(26)27/h4-8,11,23H,9-10H2,1-3H3,(H,24,25)(H,26,27). The number of halogens is 2. The SMILES string of the molecule is Cc1cc(COc2c(Br)cc(NC(=O)CC(=O)O)cc2Br)cc(NC(C)C)c1. The molecule has 0 aliphatic heterocycles. The van der Waals surface area contributed by atoms with Gasteiger partial charge in [0.2, 0.25) is 5.91 Å². The molecule has 0 aromatic heterocycles. The van der Waals surface area contributed by atoms with Gasteiger partial charge in [0, 0.05) is 17.4 Å². The summed E-state index contributed by atoms with van der Waals surface area (Å²) >= 11 is 6.88. The zero-order valence-corrected chi connectivity index (χ0v) is 19.0. The molecule has 0 saturated heterocycles. The quantitative estimate of drug-likeness (QED) is 0.415. The normalized spacial score (nSPS) is 10.6. The van der Waals surface area contributed by atoms with E-state index in [1.54, 1.807) is 12.1 Å². The molecule has 1 amide bonds. The van der Waals surface area contributed by atoms with E-state index in [2.05, 4.69) is 74.5 Å². The molecule has 150 valence electrons. The molecule has 0 radical (unpaired) electrons. The van der Waals surface area contributed by atoms with Crippen LogP contribution < -0.4 is 15.4 Å². The number of ether oxygens (including phenoxy) is 1. The Kier molecular flexibility index (Phi) is 7.88. The second-order valence-electron chi connectivity index (χ2n) is 6.68. The topological polar surface area (TPSA) is 87.7 Å². The molecule has 2 aromatic rings. The van der Waals surface area contributed by atoms with Crippen LogP contribution in [0.1, 0.15) is 31.4 Å². The summed E-state index contributed by atoms with van der Waals surface area (Å²) in [7, 11) is 0. The maximum absolute atomic E-state index is 11.6. The summed E-state index contributed by atoms with van der Waals surface area (Å²) < 4.78 is 7.24. The van der Waals surface area contributed by atoms with Crippen molar-refractivity contribution in [3.8, 4) is 5.75 Å². The fraction of sp³-hybridized carbons (Fsp3) is 0.300. The van der Waals surface area contributed by atoms with Gasteiger partial charge in [-0.05, 0) is 88.0 Å². The maximum atomic E-state index is 11.6. The maximum Gasteiger partial charge on any atom is 0.312 e. The average Bonchev–Trinajstić information content (AvgIpc) is 2.51. The Morgan fingerprint density at radius 3 is 2.29 bits per heavy atom. The van der Waals surface area contributed by atoms with Gasteiger partial charge >= 0.3 is 5.97 Å². The fourth-order valence-electron chi connectivity index (χ4n) is 2.63. The van der Waals surface area contributed by atoms with Crippen LogP contribution in [0, 0.1) is 6.92 Å². The lowest BCUT2D eigenvalue weighted by Gasteiger charge is -2.15. The lowest BCUT2D eigenvalue weighted by atomic mass is 10.1. The molecule has 6 nitrogen and oxygen atoms in total. The summed E-state index contributed by atoms with van der Waals surface area (Å²) in [5.41, 5.74) is 3.68.